The van der Waals surface area contributed by atoms with Crippen LogP contribution in [0.3, 0.4) is 0 Å². The first-order chi connectivity index (χ1) is 19.3. The fourth-order valence-corrected chi connectivity index (χ4v) is 6.68. The molecule has 0 bridgehead atoms. The van der Waals surface area contributed by atoms with E-state index in [1.807, 2.05) is 0 Å². The van der Waals surface area contributed by atoms with E-state index in [1.165, 1.54) is 61.0 Å². The summed E-state index contributed by atoms with van der Waals surface area (Å²) in [7, 11) is 2.25. The predicted molar refractivity (Wildman–Crippen MR) is 165 cm³/mol. The van der Waals surface area contributed by atoms with Gasteiger partial charge in [-0.3, -0.25) is 0 Å². The maximum atomic E-state index is 2.48. The van der Waals surface area contributed by atoms with E-state index in [-0.39, 0.29) is 0 Å². The second kappa shape index (κ2) is 8.61. The van der Waals surface area contributed by atoms with Crippen LogP contribution < -0.4 is 4.90 Å². The quantitative estimate of drug-likeness (QED) is 0.235. The summed E-state index contributed by atoms with van der Waals surface area (Å²) < 4.78 is 2.48. The van der Waals surface area contributed by atoms with Crippen molar-refractivity contribution in [3.8, 4) is 27.9 Å². The lowest BCUT2D eigenvalue weighted by Gasteiger charge is -2.24. The van der Waals surface area contributed by atoms with Gasteiger partial charge in [-0.15, -0.1) is 0 Å². The Kier molecular flexibility index (Phi) is 4.90. The molecule has 0 fully saturated rings. The Balaban J connectivity index is 1.32. The van der Waals surface area contributed by atoms with Crippen LogP contribution in [0.1, 0.15) is 11.5 Å². The maximum Gasteiger partial charge on any atom is 0.0778 e. The van der Waals surface area contributed by atoms with Crippen molar-refractivity contribution in [2.75, 3.05) is 11.9 Å². The highest BCUT2D eigenvalue weighted by molar-refractivity contribution is 6.14. The van der Waals surface area contributed by atoms with E-state index in [9.17, 15) is 0 Å². The zero-order valence-electron chi connectivity index (χ0n) is 21.8. The van der Waals surface area contributed by atoms with Gasteiger partial charge in [0.2, 0.25) is 0 Å². The van der Waals surface area contributed by atoms with Gasteiger partial charge in [-0.05, 0) is 46.0 Å². The zero-order chi connectivity index (χ0) is 25.9. The number of benzene rings is 5. The number of aromatic nitrogens is 1. The largest absolute Gasteiger partial charge is 0.365 e. The monoisotopic (exact) mass is 500 g/mol. The molecule has 0 saturated heterocycles. The molecule has 186 valence electrons. The van der Waals surface area contributed by atoms with Gasteiger partial charge in [-0.25, -0.2) is 0 Å². The molecule has 0 radical (unpaired) electrons. The molecule has 1 aromatic heterocycles. The van der Waals surface area contributed by atoms with Gasteiger partial charge in [0, 0.05) is 29.4 Å². The van der Waals surface area contributed by atoms with Gasteiger partial charge in [-0.1, -0.05) is 121 Å². The minimum Gasteiger partial charge on any atom is -0.365 e. The fraction of sp³-hybridized carbons (Fsp3) is 0.0811. The lowest BCUT2D eigenvalue weighted by atomic mass is 9.91. The summed E-state index contributed by atoms with van der Waals surface area (Å²) in [5.41, 5.74) is 11.4. The average Bonchev–Trinajstić information content (AvgIpc) is 3.50. The molecule has 0 spiro atoms. The molecular formula is C37H28N2. The maximum absolute atomic E-state index is 2.48. The standard InChI is InChI=1S/C37H28N2/c1-38-34-16-7-5-14-30(34)32-22-23-33-31-15-6-8-17-35(31)39(37(33)36(32)38)29-13-9-12-28(24-29)27-20-18-26(19-21-27)25-10-3-2-4-11-25/h2-24,30,34H,1H3. The Morgan fingerprint density at radius 3 is 2.10 bits per heavy atom. The van der Waals surface area contributed by atoms with Crippen LogP contribution in [0.4, 0.5) is 5.69 Å². The van der Waals surface area contributed by atoms with Gasteiger partial charge >= 0.3 is 0 Å². The molecule has 6 aromatic rings. The number of allylic oxidation sites excluding steroid dienone is 2. The van der Waals surface area contributed by atoms with Crippen molar-refractivity contribution in [3.05, 3.63) is 145 Å². The highest BCUT2D eigenvalue weighted by atomic mass is 15.2. The topological polar surface area (TPSA) is 8.17 Å². The number of para-hydroxylation sites is 1. The number of hydrogen-bond donors (Lipinski definition) is 0. The van der Waals surface area contributed by atoms with Crippen LogP contribution in [0.25, 0.3) is 49.7 Å². The Bertz CT molecular complexity index is 1920. The third kappa shape index (κ3) is 3.35. The number of rotatable bonds is 3. The molecule has 2 nitrogen and oxygen atoms in total. The molecule has 2 atom stereocenters. The van der Waals surface area contributed by atoms with Crippen molar-refractivity contribution in [2.24, 2.45) is 0 Å². The summed E-state index contributed by atoms with van der Waals surface area (Å²) in [4.78, 5) is 2.48. The smallest absolute Gasteiger partial charge is 0.0778 e. The molecular weight excluding hydrogens is 472 g/mol. The van der Waals surface area contributed by atoms with Crippen LogP contribution in [0, 0.1) is 0 Å². The van der Waals surface area contributed by atoms with E-state index < -0.39 is 0 Å². The molecule has 1 aliphatic carbocycles. The fourth-order valence-electron chi connectivity index (χ4n) is 6.68. The van der Waals surface area contributed by atoms with Gasteiger partial charge in [-0.2, -0.15) is 0 Å². The van der Waals surface area contributed by atoms with Gasteiger partial charge in [0.15, 0.2) is 0 Å². The van der Waals surface area contributed by atoms with Crippen molar-refractivity contribution >= 4 is 27.5 Å². The number of fused-ring (bicyclic) bond motifs is 7. The molecule has 0 amide bonds. The van der Waals surface area contributed by atoms with Gasteiger partial charge in [0.1, 0.15) is 0 Å². The first kappa shape index (κ1) is 22.2. The summed E-state index contributed by atoms with van der Waals surface area (Å²) in [5, 5.41) is 2.60. The number of hydrogen-bond acceptors (Lipinski definition) is 1. The lowest BCUT2D eigenvalue weighted by Crippen LogP contribution is -2.28. The minimum absolute atomic E-state index is 0.358. The minimum atomic E-state index is 0.358. The van der Waals surface area contributed by atoms with E-state index in [0.717, 1.165) is 0 Å². The highest BCUT2D eigenvalue weighted by Crippen LogP contribution is 2.49. The van der Waals surface area contributed by atoms with E-state index in [1.54, 1.807) is 0 Å². The van der Waals surface area contributed by atoms with E-state index in [4.69, 9.17) is 0 Å². The number of nitrogens with zero attached hydrogens (tertiary/aromatic N) is 2. The summed E-state index contributed by atoms with van der Waals surface area (Å²) in [6.45, 7) is 0. The summed E-state index contributed by atoms with van der Waals surface area (Å²) in [6, 6.07) is 42.3. The molecule has 2 unspecified atom stereocenters. The van der Waals surface area contributed by atoms with E-state index in [0.29, 0.717) is 12.0 Å². The van der Waals surface area contributed by atoms with Gasteiger partial charge in [0.05, 0.1) is 22.8 Å². The SMILES string of the molecule is CN1c2c(ccc3c4ccccc4n(-c4cccc(-c5ccc(-c6ccccc6)cc5)c4)c23)C2C=CC=CC21. The Morgan fingerprint density at radius 1 is 0.564 bits per heavy atom. The molecule has 1 aliphatic heterocycles. The van der Waals surface area contributed by atoms with E-state index >= 15 is 0 Å². The zero-order valence-corrected chi connectivity index (χ0v) is 21.8. The van der Waals surface area contributed by atoms with Crippen molar-refractivity contribution < 1.29 is 0 Å². The Morgan fingerprint density at radius 2 is 1.26 bits per heavy atom. The van der Waals surface area contributed by atoms with Crippen LogP contribution in [0.2, 0.25) is 0 Å². The van der Waals surface area contributed by atoms with Gasteiger partial charge < -0.3 is 9.47 Å². The molecule has 2 heterocycles. The first-order valence-electron chi connectivity index (χ1n) is 13.7. The Labute approximate surface area is 228 Å². The highest BCUT2D eigenvalue weighted by Gasteiger charge is 2.37. The van der Waals surface area contributed by atoms with Crippen LogP contribution in [-0.2, 0) is 0 Å². The Hall–Kier alpha value is -4.82. The van der Waals surface area contributed by atoms with Crippen molar-refractivity contribution in [1.29, 1.82) is 0 Å². The summed E-state index contributed by atoms with van der Waals surface area (Å²) in [6.07, 6.45) is 9.06. The second-order valence-electron chi connectivity index (χ2n) is 10.6. The van der Waals surface area contributed by atoms with Crippen LogP contribution in [0.15, 0.2) is 140 Å². The second-order valence-corrected chi connectivity index (χ2v) is 10.6. The summed E-state index contributed by atoms with van der Waals surface area (Å²) >= 11 is 0. The molecule has 5 aromatic carbocycles. The first-order valence-corrected chi connectivity index (χ1v) is 13.7. The molecule has 2 heteroatoms. The molecule has 0 saturated carbocycles. The molecule has 2 aliphatic rings. The van der Waals surface area contributed by atoms with E-state index in [2.05, 4.69) is 156 Å². The van der Waals surface area contributed by atoms with Crippen LogP contribution in [0.5, 0.6) is 0 Å². The lowest BCUT2D eigenvalue weighted by molar-refractivity contribution is 0.723. The van der Waals surface area contributed by atoms with Crippen molar-refractivity contribution in [3.63, 3.8) is 0 Å². The third-order valence-electron chi connectivity index (χ3n) is 8.54. The van der Waals surface area contributed by atoms with Crippen LogP contribution in [-0.4, -0.2) is 17.7 Å². The summed E-state index contributed by atoms with van der Waals surface area (Å²) in [5.74, 6) is 0.389. The predicted octanol–water partition coefficient (Wildman–Crippen LogP) is 9.15. The van der Waals surface area contributed by atoms with Crippen LogP contribution >= 0.6 is 0 Å². The van der Waals surface area contributed by atoms with Gasteiger partial charge in [0.25, 0.3) is 0 Å². The third-order valence-corrected chi connectivity index (χ3v) is 8.54. The normalized spacial score (nSPS) is 17.6. The van der Waals surface area contributed by atoms with Crippen molar-refractivity contribution in [2.45, 2.75) is 12.0 Å². The number of likely N-dealkylation sites (N-methyl/N-ethyl adjacent to an activating group) is 1. The van der Waals surface area contributed by atoms with Crippen molar-refractivity contribution in [1.82, 2.24) is 4.57 Å². The molecule has 0 N–H and O–H groups in total. The number of anilines is 1. The average molecular weight is 501 g/mol. The molecule has 8 rings (SSSR count). The molecule has 39 heavy (non-hydrogen) atoms.